The van der Waals surface area contributed by atoms with Gasteiger partial charge in [0.1, 0.15) is 12.2 Å². The minimum Gasteiger partial charge on any atom is -0.382 e. The molecule has 0 fully saturated rings. The lowest BCUT2D eigenvalue weighted by molar-refractivity contribution is -0.118. The first kappa shape index (κ1) is 7.15. The second kappa shape index (κ2) is 3.19. The van der Waals surface area contributed by atoms with Crippen LogP contribution in [-0.4, -0.2) is 28.7 Å². The Balaban J connectivity index is 3.66. The highest BCUT2D eigenvalue weighted by molar-refractivity contribution is 5.57. The summed E-state index contributed by atoms with van der Waals surface area (Å²) in [6, 6.07) is 0. The van der Waals surface area contributed by atoms with E-state index in [9.17, 15) is 4.79 Å². The van der Waals surface area contributed by atoms with Crippen molar-refractivity contribution >= 4 is 6.29 Å². The van der Waals surface area contributed by atoms with E-state index >= 15 is 0 Å². The van der Waals surface area contributed by atoms with E-state index in [-0.39, 0.29) is 6.29 Å². The lowest BCUT2D eigenvalue weighted by Crippen LogP contribution is -2.24. The van der Waals surface area contributed by atoms with Gasteiger partial charge in [0.25, 0.3) is 0 Å². The molecule has 0 heterocycles. The third kappa shape index (κ3) is 1.73. The zero-order valence-corrected chi connectivity index (χ0v) is 4.11. The quantitative estimate of drug-likeness (QED) is 0.341. The lowest BCUT2D eigenvalue weighted by atomic mass is 10.2. The van der Waals surface area contributed by atoms with Crippen LogP contribution in [0.1, 0.15) is 0 Å². The molecular weight excluding hydrogens is 108 g/mol. The molecular formula is C5H6O3. The van der Waals surface area contributed by atoms with Crippen molar-refractivity contribution in [2.45, 2.75) is 12.2 Å². The third-order valence-corrected chi connectivity index (χ3v) is 0.634. The fraction of sp³-hybridized carbons (Fsp3) is 0.400. The first-order valence-electron chi connectivity index (χ1n) is 2.00. The Hall–Kier alpha value is -0.850. The fourth-order valence-corrected chi connectivity index (χ4v) is 0.173. The van der Waals surface area contributed by atoms with Gasteiger partial charge in [0, 0.05) is 0 Å². The van der Waals surface area contributed by atoms with Crippen LogP contribution in [0.4, 0.5) is 0 Å². The minimum atomic E-state index is -1.44. The molecule has 2 N–H and O–H groups in total. The molecule has 0 aliphatic rings. The summed E-state index contributed by atoms with van der Waals surface area (Å²) in [5.74, 6) is 1.79. The van der Waals surface area contributed by atoms with Crippen molar-refractivity contribution in [1.82, 2.24) is 0 Å². The van der Waals surface area contributed by atoms with Crippen LogP contribution in [0.5, 0.6) is 0 Å². The second-order valence-electron chi connectivity index (χ2n) is 1.24. The first-order valence-corrected chi connectivity index (χ1v) is 2.00. The second-order valence-corrected chi connectivity index (χ2v) is 1.24. The van der Waals surface area contributed by atoms with E-state index in [0.717, 1.165) is 0 Å². The maximum atomic E-state index is 9.60. The zero-order chi connectivity index (χ0) is 6.57. The Bertz CT molecular complexity index is 113. The van der Waals surface area contributed by atoms with Gasteiger partial charge in [-0.3, -0.25) is 0 Å². The molecule has 44 valence electrons. The number of terminal acetylenes is 1. The smallest absolute Gasteiger partial charge is 0.152 e. The Morgan fingerprint density at radius 1 is 1.62 bits per heavy atom. The van der Waals surface area contributed by atoms with Crippen molar-refractivity contribution in [2.24, 2.45) is 0 Å². The van der Waals surface area contributed by atoms with Gasteiger partial charge in [-0.05, 0) is 0 Å². The van der Waals surface area contributed by atoms with Crippen LogP contribution < -0.4 is 0 Å². The van der Waals surface area contributed by atoms with Crippen molar-refractivity contribution < 1.29 is 15.0 Å². The lowest BCUT2D eigenvalue weighted by Gasteiger charge is -2.01. The van der Waals surface area contributed by atoms with Gasteiger partial charge in [-0.2, -0.15) is 0 Å². The van der Waals surface area contributed by atoms with Crippen LogP contribution in [0.15, 0.2) is 0 Å². The molecule has 0 saturated carbocycles. The summed E-state index contributed by atoms with van der Waals surface area (Å²) in [4.78, 5) is 9.60. The SMILES string of the molecule is C#CC(O)C(O)C=O. The molecule has 3 heteroatoms. The molecule has 0 spiro atoms. The molecule has 0 aromatic heterocycles. The minimum absolute atomic E-state index is 0.185. The van der Waals surface area contributed by atoms with Gasteiger partial charge in [-0.15, -0.1) is 6.42 Å². The molecule has 0 aliphatic carbocycles. The van der Waals surface area contributed by atoms with E-state index in [2.05, 4.69) is 6.42 Å². The average Bonchev–Trinajstić information content (AvgIpc) is 1.84. The number of aliphatic hydroxyl groups excluding tert-OH is 2. The van der Waals surface area contributed by atoms with Crippen LogP contribution in [0.25, 0.3) is 0 Å². The van der Waals surface area contributed by atoms with Gasteiger partial charge in [-0.1, -0.05) is 5.92 Å². The topological polar surface area (TPSA) is 57.5 Å². The van der Waals surface area contributed by atoms with Crippen LogP contribution in [0.2, 0.25) is 0 Å². The van der Waals surface area contributed by atoms with Gasteiger partial charge in [-0.25, -0.2) is 0 Å². The molecule has 2 atom stereocenters. The fourth-order valence-electron chi connectivity index (χ4n) is 0.173. The number of carbonyl (C=O) groups excluding carboxylic acids is 1. The predicted molar refractivity (Wildman–Crippen MR) is 26.9 cm³/mol. The van der Waals surface area contributed by atoms with Gasteiger partial charge in [0.05, 0.1) is 0 Å². The maximum absolute atomic E-state index is 9.60. The van der Waals surface area contributed by atoms with Gasteiger partial charge in [0.15, 0.2) is 6.29 Å². The van der Waals surface area contributed by atoms with Gasteiger partial charge in [0.2, 0.25) is 0 Å². The zero-order valence-electron chi connectivity index (χ0n) is 4.11. The molecule has 3 nitrogen and oxygen atoms in total. The number of hydrogen-bond donors (Lipinski definition) is 2. The number of hydrogen-bond acceptors (Lipinski definition) is 3. The molecule has 0 aliphatic heterocycles. The van der Waals surface area contributed by atoms with Crippen LogP contribution >= 0.6 is 0 Å². The van der Waals surface area contributed by atoms with Crippen molar-refractivity contribution in [3.05, 3.63) is 0 Å². The molecule has 0 amide bonds. The van der Waals surface area contributed by atoms with Crippen LogP contribution in [-0.2, 0) is 4.79 Å². The number of carbonyl (C=O) groups is 1. The molecule has 0 bridgehead atoms. The number of rotatable bonds is 2. The first-order chi connectivity index (χ1) is 3.72. The molecule has 8 heavy (non-hydrogen) atoms. The van der Waals surface area contributed by atoms with Gasteiger partial charge < -0.3 is 15.0 Å². The van der Waals surface area contributed by atoms with E-state index in [1.807, 2.05) is 0 Å². The van der Waals surface area contributed by atoms with Crippen LogP contribution in [0, 0.1) is 12.3 Å². The molecule has 0 rings (SSSR count). The predicted octanol–water partition coefficient (Wildman–Crippen LogP) is -1.46. The number of aldehydes is 1. The van der Waals surface area contributed by atoms with Crippen molar-refractivity contribution in [2.75, 3.05) is 0 Å². The van der Waals surface area contributed by atoms with Crippen molar-refractivity contribution in [3.8, 4) is 12.3 Å². The highest BCUT2D eigenvalue weighted by atomic mass is 16.3. The third-order valence-electron chi connectivity index (χ3n) is 0.634. The molecule has 0 aromatic carbocycles. The maximum Gasteiger partial charge on any atom is 0.152 e. The summed E-state index contributed by atoms with van der Waals surface area (Å²) in [5.41, 5.74) is 0. The van der Waals surface area contributed by atoms with E-state index in [1.165, 1.54) is 0 Å². The van der Waals surface area contributed by atoms with E-state index < -0.39 is 12.2 Å². The molecule has 0 aromatic rings. The summed E-state index contributed by atoms with van der Waals surface area (Å²) in [5, 5.41) is 16.8. The monoisotopic (exact) mass is 114 g/mol. The van der Waals surface area contributed by atoms with E-state index in [1.54, 1.807) is 5.92 Å². The highest BCUT2D eigenvalue weighted by Gasteiger charge is 2.09. The number of aliphatic hydroxyl groups is 2. The van der Waals surface area contributed by atoms with E-state index in [4.69, 9.17) is 10.2 Å². The van der Waals surface area contributed by atoms with Crippen molar-refractivity contribution in [1.29, 1.82) is 0 Å². The molecule has 0 radical (unpaired) electrons. The molecule has 0 saturated heterocycles. The van der Waals surface area contributed by atoms with Gasteiger partial charge >= 0.3 is 0 Å². The summed E-state index contributed by atoms with van der Waals surface area (Å²) in [7, 11) is 0. The highest BCUT2D eigenvalue weighted by Crippen LogP contribution is 1.84. The normalized spacial score (nSPS) is 16.1. The largest absolute Gasteiger partial charge is 0.382 e. The summed E-state index contributed by atoms with van der Waals surface area (Å²) in [6.07, 6.45) is 2.00. The van der Waals surface area contributed by atoms with E-state index in [0.29, 0.717) is 0 Å². The average molecular weight is 114 g/mol. The standard InChI is InChI=1S/C5H6O3/c1-2-4(7)5(8)3-6/h1,3-5,7-8H. The summed E-state index contributed by atoms with van der Waals surface area (Å²) < 4.78 is 0. The Morgan fingerprint density at radius 2 is 2.12 bits per heavy atom. The summed E-state index contributed by atoms with van der Waals surface area (Å²) >= 11 is 0. The van der Waals surface area contributed by atoms with Crippen molar-refractivity contribution in [3.63, 3.8) is 0 Å². The Labute approximate surface area is 46.9 Å². The molecule has 2 unspecified atom stereocenters. The Kier molecular flexibility index (Phi) is 2.85. The van der Waals surface area contributed by atoms with Crippen LogP contribution in [0.3, 0.4) is 0 Å². The summed E-state index contributed by atoms with van der Waals surface area (Å²) in [6.45, 7) is 0. The Morgan fingerprint density at radius 3 is 2.25 bits per heavy atom.